The van der Waals surface area contributed by atoms with Gasteiger partial charge in [-0.3, -0.25) is 4.79 Å². The number of likely N-dealkylation sites (N-methyl/N-ethyl adjacent to an activating group) is 1. The fourth-order valence-electron chi connectivity index (χ4n) is 2.36. The van der Waals surface area contributed by atoms with Crippen LogP contribution in [-0.4, -0.2) is 78.6 Å². The summed E-state index contributed by atoms with van der Waals surface area (Å²) in [5, 5.41) is 8.75. The molecule has 1 fully saturated rings. The van der Waals surface area contributed by atoms with Crippen LogP contribution in [0.25, 0.3) is 0 Å². The van der Waals surface area contributed by atoms with Crippen LogP contribution in [0.1, 0.15) is 13.3 Å². The zero-order valence-corrected chi connectivity index (χ0v) is 11.4. The van der Waals surface area contributed by atoms with Gasteiger partial charge in [-0.05, 0) is 32.9 Å². The maximum Gasteiger partial charge on any atom is 0.323 e. The fraction of sp³-hybridized carbons (Fsp3) is 0.833. The second kappa shape index (κ2) is 6.58. The molecule has 1 heterocycles. The van der Waals surface area contributed by atoms with Gasteiger partial charge in [0.25, 0.3) is 0 Å². The van der Waals surface area contributed by atoms with Gasteiger partial charge in [0.2, 0.25) is 0 Å². The van der Waals surface area contributed by atoms with Crippen LogP contribution in [0.15, 0.2) is 0 Å². The smallest absolute Gasteiger partial charge is 0.323 e. The van der Waals surface area contributed by atoms with Crippen molar-refractivity contribution in [3.8, 4) is 0 Å². The summed E-state index contributed by atoms with van der Waals surface area (Å²) in [4.78, 5) is 27.9. The van der Waals surface area contributed by atoms with E-state index < -0.39 is 5.97 Å². The Hall–Kier alpha value is -1.30. The number of carbonyl (C=O) groups excluding carboxylic acids is 1. The average Bonchev–Trinajstić information content (AvgIpc) is 2.70. The molecule has 0 radical (unpaired) electrons. The number of nitrogens with zero attached hydrogens (tertiary/aromatic N) is 3. The molecule has 1 atom stereocenters. The van der Waals surface area contributed by atoms with Gasteiger partial charge in [-0.2, -0.15) is 0 Å². The zero-order chi connectivity index (χ0) is 13.7. The number of carboxylic acids is 1. The number of aliphatic carboxylic acids is 1. The predicted octanol–water partition coefficient (Wildman–Crippen LogP) is 0.396. The molecule has 1 aliphatic rings. The van der Waals surface area contributed by atoms with Crippen LogP contribution in [0.5, 0.6) is 0 Å². The topological polar surface area (TPSA) is 64.1 Å². The van der Waals surface area contributed by atoms with E-state index in [2.05, 4.69) is 11.9 Å². The van der Waals surface area contributed by atoms with Gasteiger partial charge in [0.15, 0.2) is 0 Å². The Bertz CT molecular complexity index is 309. The number of carboxylic acid groups (broad SMARTS) is 1. The van der Waals surface area contributed by atoms with Gasteiger partial charge in [0.05, 0.1) is 0 Å². The Labute approximate surface area is 108 Å². The van der Waals surface area contributed by atoms with Crippen LogP contribution in [0.3, 0.4) is 0 Å². The lowest BCUT2D eigenvalue weighted by Gasteiger charge is -2.27. The molecule has 0 spiro atoms. The molecule has 6 nitrogen and oxygen atoms in total. The molecule has 1 saturated heterocycles. The summed E-state index contributed by atoms with van der Waals surface area (Å²) in [6.07, 6.45) is 1.10. The van der Waals surface area contributed by atoms with Crippen molar-refractivity contribution in [1.82, 2.24) is 14.7 Å². The van der Waals surface area contributed by atoms with Crippen LogP contribution in [0.2, 0.25) is 0 Å². The first-order valence-corrected chi connectivity index (χ1v) is 6.34. The van der Waals surface area contributed by atoms with E-state index in [9.17, 15) is 9.59 Å². The number of carbonyl (C=O) groups is 2. The van der Waals surface area contributed by atoms with E-state index in [0.29, 0.717) is 19.0 Å². The van der Waals surface area contributed by atoms with Crippen molar-refractivity contribution < 1.29 is 14.7 Å². The van der Waals surface area contributed by atoms with Crippen molar-refractivity contribution in [1.29, 1.82) is 0 Å². The highest BCUT2D eigenvalue weighted by Gasteiger charge is 2.25. The van der Waals surface area contributed by atoms with Gasteiger partial charge in [0.1, 0.15) is 6.54 Å². The highest BCUT2D eigenvalue weighted by Crippen LogP contribution is 2.15. The SMILES string of the molecule is CCN(CC(=O)O)C(=O)N(C)CC1CCN(C)C1. The minimum atomic E-state index is -0.973. The van der Waals surface area contributed by atoms with E-state index in [-0.39, 0.29) is 12.6 Å². The van der Waals surface area contributed by atoms with E-state index in [1.807, 2.05) is 0 Å². The van der Waals surface area contributed by atoms with E-state index >= 15 is 0 Å². The molecule has 104 valence electrons. The third-order valence-electron chi connectivity index (χ3n) is 3.33. The Morgan fingerprint density at radius 1 is 1.44 bits per heavy atom. The molecule has 0 aromatic rings. The molecular weight excluding hydrogens is 234 g/mol. The van der Waals surface area contributed by atoms with Gasteiger partial charge in [-0.25, -0.2) is 4.79 Å². The first-order valence-electron chi connectivity index (χ1n) is 6.34. The van der Waals surface area contributed by atoms with E-state index in [0.717, 1.165) is 19.5 Å². The molecule has 0 aliphatic carbocycles. The monoisotopic (exact) mass is 257 g/mol. The summed E-state index contributed by atoms with van der Waals surface area (Å²) >= 11 is 0. The first kappa shape index (κ1) is 14.8. The Morgan fingerprint density at radius 3 is 2.56 bits per heavy atom. The number of urea groups is 1. The number of likely N-dealkylation sites (tertiary alicyclic amines) is 1. The highest BCUT2D eigenvalue weighted by atomic mass is 16.4. The lowest BCUT2D eigenvalue weighted by atomic mass is 10.1. The molecule has 1 rings (SSSR count). The van der Waals surface area contributed by atoms with Crippen LogP contribution in [0.4, 0.5) is 4.79 Å². The number of amides is 2. The van der Waals surface area contributed by atoms with Gasteiger partial charge in [-0.15, -0.1) is 0 Å². The third kappa shape index (κ3) is 4.18. The molecule has 1 aliphatic heterocycles. The zero-order valence-electron chi connectivity index (χ0n) is 11.4. The number of hydrogen-bond donors (Lipinski definition) is 1. The molecule has 1 unspecified atom stereocenters. The molecule has 2 amide bonds. The molecule has 0 aromatic carbocycles. The summed E-state index contributed by atoms with van der Waals surface area (Å²) in [6.45, 7) is 4.74. The minimum absolute atomic E-state index is 0.200. The maximum absolute atomic E-state index is 12.1. The maximum atomic E-state index is 12.1. The normalized spacial score (nSPS) is 19.8. The van der Waals surface area contributed by atoms with Gasteiger partial charge in [-0.1, -0.05) is 0 Å². The Balaban J connectivity index is 2.46. The van der Waals surface area contributed by atoms with Crippen LogP contribution >= 0.6 is 0 Å². The summed E-state index contributed by atoms with van der Waals surface area (Å²) in [7, 11) is 3.82. The standard InChI is InChI=1S/C12H23N3O3/c1-4-15(9-11(16)17)12(18)14(3)8-10-5-6-13(2)7-10/h10H,4-9H2,1-3H3,(H,16,17). The highest BCUT2D eigenvalue weighted by molar-refractivity contribution is 5.80. The quantitative estimate of drug-likeness (QED) is 0.774. The number of rotatable bonds is 5. The molecule has 18 heavy (non-hydrogen) atoms. The lowest BCUT2D eigenvalue weighted by Crippen LogP contribution is -2.45. The van der Waals surface area contributed by atoms with Crippen molar-refractivity contribution in [2.45, 2.75) is 13.3 Å². The Kier molecular flexibility index (Phi) is 5.40. The van der Waals surface area contributed by atoms with Crippen LogP contribution < -0.4 is 0 Å². The molecule has 1 N–H and O–H groups in total. The largest absolute Gasteiger partial charge is 0.480 e. The van der Waals surface area contributed by atoms with Crippen molar-refractivity contribution in [3.63, 3.8) is 0 Å². The number of hydrogen-bond acceptors (Lipinski definition) is 3. The summed E-state index contributed by atoms with van der Waals surface area (Å²) < 4.78 is 0. The van der Waals surface area contributed by atoms with Gasteiger partial charge < -0.3 is 19.8 Å². The molecule has 6 heteroatoms. The van der Waals surface area contributed by atoms with Gasteiger partial charge >= 0.3 is 12.0 Å². The minimum Gasteiger partial charge on any atom is -0.480 e. The molecular formula is C12H23N3O3. The molecule has 0 bridgehead atoms. The second-order valence-electron chi connectivity index (χ2n) is 4.99. The summed E-state index contributed by atoms with van der Waals surface area (Å²) in [5.74, 6) is -0.480. The van der Waals surface area contributed by atoms with Crippen molar-refractivity contribution in [3.05, 3.63) is 0 Å². The predicted molar refractivity (Wildman–Crippen MR) is 68.5 cm³/mol. The summed E-state index contributed by atoms with van der Waals surface area (Å²) in [5.41, 5.74) is 0. The Morgan fingerprint density at radius 2 is 2.11 bits per heavy atom. The van der Waals surface area contributed by atoms with Gasteiger partial charge in [0, 0.05) is 26.7 Å². The lowest BCUT2D eigenvalue weighted by molar-refractivity contribution is -0.137. The van der Waals surface area contributed by atoms with Crippen LogP contribution in [0, 0.1) is 5.92 Å². The molecule has 0 saturated carbocycles. The van der Waals surface area contributed by atoms with Crippen molar-refractivity contribution >= 4 is 12.0 Å². The second-order valence-corrected chi connectivity index (χ2v) is 4.99. The fourth-order valence-corrected chi connectivity index (χ4v) is 2.36. The van der Waals surface area contributed by atoms with Crippen molar-refractivity contribution in [2.75, 3.05) is 46.8 Å². The average molecular weight is 257 g/mol. The van der Waals surface area contributed by atoms with E-state index in [4.69, 9.17) is 5.11 Å². The molecule has 0 aromatic heterocycles. The third-order valence-corrected chi connectivity index (χ3v) is 3.33. The van der Waals surface area contributed by atoms with E-state index in [1.54, 1.807) is 18.9 Å². The van der Waals surface area contributed by atoms with Crippen LogP contribution in [-0.2, 0) is 4.79 Å². The van der Waals surface area contributed by atoms with Crippen molar-refractivity contribution in [2.24, 2.45) is 5.92 Å². The first-order chi connectivity index (χ1) is 8.43. The van der Waals surface area contributed by atoms with E-state index in [1.165, 1.54) is 4.90 Å². The summed E-state index contributed by atoms with van der Waals surface area (Å²) in [6, 6.07) is -0.200.